The summed E-state index contributed by atoms with van der Waals surface area (Å²) < 4.78 is 9.65. The Kier molecular flexibility index (Phi) is 10.7. The number of anilines is 9. The van der Waals surface area contributed by atoms with Gasteiger partial charge in [-0.05, 0) is 125 Å². The second kappa shape index (κ2) is 18.1. The zero-order valence-corrected chi connectivity index (χ0v) is 39.5. The Morgan fingerprint density at radius 2 is 0.704 bits per heavy atom. The molecular formula is C66H45N3OS. The fourth-order valence-electron chi connectivity index (χ4n) is 10.1. The zero-order valence-electron chi connectivity index (χ0n) is 38.6. The second-order valence-corrected chi connectivity index (χ2v) is 18.8. The summed E-state index contributed by atoms with van der Waals surface area (Å²) in [6.45, 7) is 0. The van der Waals surface area contributed by atoms with Gasteiger partial charge in [0.05, 0.1) is 22.4 Å². The molecule has 2 heterocycles. The molecular weight excluding hydrogens is 883 g/mol. The number of hydrogen-bond acceptors (Lipinski definition) is 5. The van der Waals surface area contributed by atoms with Gasteiger partial charge in [0.15, 0.2) is 0 Å². The van der Waals surface area contributed by atoms with E-state index in [0.717, 1.165) is 84.3 Å². The maximum absolute atomic E-state index is 7.15. The van der Waals surface area contributed by atoms with Crippen molar-refractivity contribution < 1.29 is 4.42 Å². The number of fused-ring (bicyclic) bond motifs is 6. The van der Waals surface area contributed by atoms with Crippen LogP contribution < -0.4 is 14.7 Å². The van der Waals surface area contributed by atoms with E-state index in [2.05, 4.69) is 288 Å². The third-order valence-electron chi connectivity index (χ3n) is 13.4. The number of para-hydroxylation sites is 3. The maximum Gasteiger partial charge on any atom is 0.139 e. The van der Waals surface area contributed by atoms with Gasteiger partial charge in [-0.25, -0.2) is 0 Å². The van der Waals surface area contributed by atoms with Crippen LogP contribution >= 0.6 is 11.3 Å². The first-order chi connectivity index (χ1) is 35.2. The summed E-state index contributed by atoms with van der Waals surface area (Å²) in [5, 5.41) is 4.49. The van der Waals surface area contributed by atoms with Crippen LogP contribution in [0.15, 0.2) is 277 Å². The maximum atomic E-state index is 7.15. The molecule has 0 saturated heterocycles. The van der Waals surface area contributed by atoms with Crippen molar-refractivity contribution in [2.45, 2.75) is 0 Å². The molecule has 0 N–H and O–H groups in total. The molecule has 0 bridgehead atoms. The predicted molar refractivity (Wildman–Crippen MR) is 302 cm³/mol. The minimum absolute atomic E-state index is 0.783. The van der Waals surface area contributed by atoms with Gasteiger partial charge >= 0.3 is 0 Å². The molecule has 0 aliphatic carbocycles. The fourth-order valence-corrected chi connectivity index (χ4v) is 11.3. The molecule has 13 rings (SSSR count). The van der Waals surface area contributed by atoms with Crippen molar-refractivity contribution in [3.05, 3.63) is 273 Å². The van der Waals surface area contributed by atoms with Gasteiger partial charge in [-0.15, -0.1) is 11.3 Å². The van der Waals surface area contributed by atoms with Gasteiger partial charge in [0, 0.05) is 65.7 Å². The number of furan rings is 1. The summed E-state index contributed by atoms with van der Waals surface area (Å²) in [4.78, 5) is 7.13. The zero-order chi connectivity index (χ0) is 47.1. The van der Waals surface area contributed by atoms with E-state index >= 15 is 0 Å². The minimum atomic E-state index is 0.783. The van der Waals surface area contributed by atoms with E-state index in [1.54, 1.807) is 0 Å². The van der Waals surface area contributed by atoms with Crippen molar-refractivity contribution >= 4 is 105 Å². The van der Waals surface area contributed by atoms with Crippen LogP contribution in [-0.2, 0) is 0 Å². The first-order valence-electron chi connectivity index (χ1n) is 24.0. The Morgan fingerprint density at radius 1 is 0.254 bits per heavy atom. The van der Waals surface area contributed by atoms with Gasteiger partial charge in [-0.2, -0.15) is 0 Å². The number of nitrogens with zero attached hydrogens (tertiary/aromatic N) is 3. The number of rotatable bonds is 11. The standard InChI is InChI=1S/C66H45N3OS/c1-6-19-46(20-7-1)48-33-37-53(38-34-48)68(54-39-35-49(36-40-54)47-21-8-2-9-22-47)60-44-56(69(52-27-14-5-15-28-52)59-30-18-32-64-66(59)57-29-16-17-31-63(57)71-64)45-62-65(60)58-43-55(41-42-61(58)70-62)67(50-23-10-3-11-24-50)51-25-12-4-13-26-51/h1-45H. The summed E-state index contributed by atoms with van der Waals surface area (Å²) in [5.74, 6) is 0. The molecule has 4 nitrogen and oxygen atoms in total. The van der Waals surface area contributed by atoms with Crippen LogP contribution in [0, 0.1) is 0 Å². The molecule has 0 saturated carbocycles. The Labute approximate surface area is 416 Å². The molecule has 0 fully saturated rings. The molecule has 71 heavy (non-hydrogen) atoms. The first kappa shape index (κ1) is 42.0. The first-order valence-corrected chi connectivity index (χ1v) is 24.8. The molecule has 0 aliphatic heterocycles. The van der Waals surface area contributed by atoms with Crippen molar-refractivity contribution in [1.29, 1.82) is 0 Å². The molecule has 11 aromatic carbocycles. The molecule has 2 aromatic heterocycles. The lowest BCUT2D eigenvalue weighted by Gasteiger charge is -2.30. The number of thiophene rings is 1. The molecule has 0 aliphatic rings. The largest absolute Gasteiger partial charge is 0.456 e. The van der Waals surface area contributed by atoms with E-state index in [0.29, 0.717) is 0 Å². The van der Waals surface area contributed by atoms with E-state index in [4.69, 9.17) is 4.42 Å². The molecule has 0 atom stereocenters. The van der Waals surface area contributed by atoms with Gasteiger partial charge in [0.1, 0.15) is 11.2 Å². The highest BCUT2D eigenvalue weighted by Crippen LogP contribution is 2.51. The molecule has 0 amide bonds. The average Bonchev–Trinajstić information content (AvgIpc) is 4.02. The van der Waals surface area contributed by atoms with E-state index in [9.17, 15) is 0 Å². The van der Waals surface area contributed by atoms with E-state index in [-0.39, 0.29) is 0 Å². The molecule has 13 aromatic rings. The second-order valence-electron chi connectivity index (χ2n) is 17.7. The van der Waals surface area contributed by atoms with Crippen LogP contribution in [0.4, 0.5) is 51.2 Å². The average molecular weight is 928 g/mol. The Balaban J connectivity index is 1.10. The molecule has 0 spiro atoms. The molecule has 5 heteroatoms. The van der Waals surface area contributed by atoms with Gasteiger partial charge in [-0.1, -0.05) is 164 Å². The summed E-state index contributed by atoms with van der Waals surface area (Å²) in [7, 11) is 0. The summed E-state index contributed by atoms with van der Waals surface area (Å²) in [5.41, 5.74) is 15.6. The van der Waals surface area contributed by atoms with Gasteiger partial charge < -0.3 is 19.1 Å². The van der Waals surface area contributed by atoms with Gasteiger partial charge in [0.2, 0.25) is 0 Å². The van der Waals surface area contributed by atoms with Crippen molar-refractivity contribution in [3.8, 4) is 22.3 Å². The van der Waals surface area contributed by atoms with Crippen LogP contribution in [0.1, 0.15) is 0 Å². The molecule has 336 valence electrons. The normalized spacial score (nSPS) is 11.4. The highest BCUT2D eigenvalue weighted by atomic mass is 32.1. The van der Waals surface area contributed by atoms with Crippen LogP contribution in [-0.4, -0.2) is 0 Å². The predicted octanol–water partition coefficient (Wildman–Crippen LogP) is 19.7. The van der Waals surface area contributed by atoms with Gasteiger partial charge in [-0.3, -0.25) is 0 Å². The molecule has 0 unspecified atom stereocenters. The lowest BCUT2D eigenvalue weighted by atomic mass is 10.0. The van der Waals surface area contributed by atoms with Crippen LogP contribution in [0.25, 0.3) is 64.4 Å². The Hall–Kier alpha value is -9.16. The minimum Gasteiger partial charge on any atom is -0.456 e. The summed E-state index contributed by atoms with van der Waals surface area (Å²) in [6, 6.07) is 97.7. The molecule has 0 radical (unpaired) electrons. The smallest absolute Gasteiger partial charge is 0.139 e. The van der Waals surface area contributed by atoms with E-state index in [1.807, 2.05) is 11.3 Å². The lowest BCUT2D eigenvalue weighted by Crippen LogP contribution is -2.14. The third kappa shape index (κ3) is 7.75. The topological polar surface area (TPSA) is 22.9 Å². The quantitative estimate of drug-likeness (QED) is 0.129. The monoisotopic (exact) mass is 927 g/mol. The summed E-state index contributed by atoms with van der Waals surface area (Å²) >= 11 is 1.83. The van der Waals surface area contributed by atoms with Gasteiger partial charge in [0.25, 0.3) is 0 Å². The van der Waals surface area contributed by atoms with Crippen molar-refractivity contribution in [3.63, 3.8) is 0 Å². The lowest BCUT2D eigenvalue weighted by molar-refractivity contribution is 0.669. The Morgan fingerprint density at radius 3 is 1.28 bits per heavy atom. The summed E-state index contributed by atoms with van der Waals surface area (Å²) in [6.07, 6.45) is 0. The van der Waals surface area contributed by atoms with E-state index in [1.165, 1.54) is 31.3 Å². The Bertz CT molecular complexity index is 3850. The van der Waals surface area contributed by atoms with Crippen molar-refractivity contribution in [2.75, 3.05) is 14.7 Å². The third-order valence-corrected chi connectivity index (χ3v) is 14.5. The highest BCUT2D eigenvalue weighted by Gasteiger charge is 2.26. The number of hydrogen-bond donors (Lipinski definition) is 0. The van der Waals surface area contributed by atoms with Crippen LogP contribution in [0.3, 0.4) is 0 Å². The number of benzene rings is 11. The van der Waals surface area contributed by atoms with E-state index < -0.39 is 0 Å². The van der Waals surface area contributed by atoms with Crippen molar-refractivity contribution in [1.82, 2.24) is 0 Å². The van der Waals surface area contributed by atoms with Crippen molar-refractivity contribution in [2.24, 2.45) is 0 Å². The van der Waals surface area contributed by atoms with Crippen LogP contribution in [0.5, 0.6) is 0 Å². The SMILES string of the molecule is c1ccc(-c2ccc(N(c3ccc(-c4ccccc4)cc3)c3cc(N(c4ccccc4)c4cccc5sc6ccccc6c45)cc4oc5ccc(N(c6ccccc6)c6ccccc6)cc5c34)cc2)cc1. The van der Waals surface area contributed by atoms with Crippen LogP contribution in [0.2, 0.25) is 0 Å². The fraction of sp³-hybridized carbons (Fsp3) is 0. The highest BCUT2D eigenvalue weighted by molar-refractivity contribution is 7.26.